The van der Waals surface area contributed by atoms with Gasteiger partial charge < -0.3 is 30.1 Å². The van der Waals surface area contributed by atoms with Crippen molar-refractivity contribution in [1.29, 1.82) is 0 Å². The van der Waals surface area contributed by atoms with Crippen LogP contribution >= 0.6 is 0 Å². The van der Waals surface area contributed by atoms with Crippen molar-refractivity contribution < 1.29 is 27.2 Å². The van der Waals surface area contributed by atoms with Gasteiger partial charge in [0.05, 0.1) is 42.9 Å². The minimum atomic E-state index is -2.72. The molecule has 0 aliphatic heterocycles. The number of nitrogens with one attached hydrogen (secondary N) is 3. The molecular formula is C49H64F4N8O2. The number of aldehydes is 1. The van der Waals surface area contributed by atoms with E-state index in [4.69, 9.17) is 4.79 Å². The van der Waals surface area contributed by atoms with Crippen LogP contribution in [0.4, 0.5) is 17.6 Å². The lowest BCUT2D eigenvalue weighted by Crippen LogP contribution is -2.33. The second-order valence-corrected chi connectivity index (χ2v) is 15.4. The predicted molar refractivity (Wildman–Crippen MR) is 250 cm³/mol. The first-order chi connectivity index (χ1) is 29.9. The molecule has 1 heterocycles. The number of aromatic amines is 1. The highest BCUT2D eigenvalue weighted by molar-refractivity contribution is 5.72. The number of carbonyl (C=O) groups excluding carboxylic acids is 2. The molecule has 63 heavy (non-hydrogen) atoms. The Morgan fingerprint density at radius 1 is 0.762 bits per heavy atom. The quantitative estimate of drug-likeness (QED) is 0.0456. The summed E-state index contributed by atoms with van der Waals surface area (Å²) in [4.78, 5) is 36.8. The molecule has 0 spiro atoms. The fourth-order valence-electron chi connectivity index (χ4n) is 6.35. The van der Waals surface area contributed by atoms with E-state index in [9.17, 15) is 22.4 Å². The number of hydrogen-bond acceptors (Lipinski definition) is 9. The van der Waals surface area contributed by atoms with Gasteiger partial charge in [-0.2, -0.15) is 0 Å². The maximum Gasteiger partial charge on any atom is 0.257 e. The van der Waals surface area contributed by atoms with E-state index in [2.05, 4.69) is 105 Å². The predicted octanol–water partition coefficient (Wildman–Crippen LogP) is 8.93. The summed E-state index contributed by atoms with van der Waals surface area (Å²) in [6.45, 7) is 3.59. The number of alkyl halides is 4. The van der Waals surface area contributed by atoms with Gasteiger partial charge in [0.25, 0.3) is 11.8 Å². The fourth-order valence-corrected chi connectivity index (χ4v) is 6.35. The molecule has 0 fully saturated rings. The smallest absolute Gasteiger partial charge is 0.257 e. The monoisotopic (exact) mass is 873 g/mol. The Balaban J connectivity index is 0.000000534. The van der Waals surface area contributed by atoms with Gasteiger partial charge in [0, 0.05) is 46.1 Å². The summed E-state index contributed by atoms with van der Waals surface area (Å²) in [7, 11) is 13.0. The SMILES string of the molecule is C=O.CN(C)C(C=O)c1ccccc1.CN/C(=C\N=CCN(C)CC(C)(F)F)c1ccc(-c2ccc(-c3cnc(CC(c4ccccc4)N(C)C)[nH]3)cc2)cc1.CNCC(C)(F)F. The van der Waals surface area contributed by atoms with Crippen molar-refractivity contribution in [2.75, 3.05) is 69.0 Å². The summed E-state index contributed by atoms with van der Waals surface area (Å²) in [5, 5.41) is 5.52. The summed E-state index contributed by atoms with van der Waals surface area (Å²) in [5.74, 6) is -4.33. The first kappa shape index (κ1) is 53.3. The molecule has 0 bridgehead atoms. The lowest BCUT2D eigenvalue weighted by Gasteiger charge is -2.23. The number of H-pyrrole nitrogens is 1. The zero-order chi connectivity index (χ0) is 47.0. The van der Waals surface area contributed by atoms with Crippen molar-refractivity contribution in [2.24, 2.45) is 4.99 Å². The molecule has 5 aromatic rings. The molecule has 340 valence electrons. The second-order valence-electron chi connectivity index (χ2n) is 15.4. The van der Waals surface area contributed by atoms with Crippen LogP contribution in [0.5, 0.6) is 0 Å². The van der Waals surface area contributed by atoms with Gasteiger partial charge >= 0.3 is 0 Å². The van der Waals surface area contributed by atoms with E-state index in [0.29, 0.717) is 6.54 Å². The van der Waals surface area contributed by atoms with Crippen LogP contribution in [0, 0.1) is 0 Å². The average Bonchev–Trinajstić information content (AvgIpc) is 3.73. The first-order valence-corrected chi connectivity index (χ1v) is 20.3. The molecule has 3 N–H and O–H groups in total. The van der Waals surface area contributed by atoms with Gasteiger partial charge in [0.1, 0.15) is 18.9 Å². The first-order valence-electron chi connectivity index (χ1n) is 20.3. The molecule has 0 aliphatic rings. The molecule has 0 radical (unpaired) electrons. The van der Waals surface area contributed by atoms with Gasteiger partial charge in [-0.1, -0.05) is 109 Å². The van der Waals surface area contributed by atoms with Crippen molar-refractivity contribution in [3.63, 3.8) is 0 Å². The number of hydrogen-bond donors (Lipinski definition) is 3. The highest BCUT2D eigenvalue weighted by Gasteiger charge is 2.23. The third-order valence-electron chi connectivity index (χ3n) is 9.38. The standard InChI is InChI=1S/C34H40F2N6.C10H13NO.C4H9F2N.CH2O/c1-34(35,36)24-42(5)20-19-38-22-30(37-2)27-15-11-25(12-16-27)26-13-17-28(18-14-26)31-23-39-33(40-31)21-32(41(3)4)29-9-7-6-8-10-29;1-11(2)10(8-12)9-6-4-3-5-7-9;1-4(5,6)3-7-2;1-2/h6-19,22-23,32,37H,20-21,24H2,1-5H3,(H,39,40);3-8,10H,1-2H3;7H,3H2,1-2H3;1H2/b30-22-,38-19?;;;. The zero-order valence-electron chi connectivity index (χ0n) is 38.0. The molecular weight excluding hydrogens is 809 g/mol. The lowest BCUT2D eigenvalue weighted by atomic mass is 10.0. The molecule has 0 saturated carbocycles. The maximum absolute atomic E-state index is 13.1. The van der Waals surface area contributed by atoms with Crippen molar-refractivity contribution in [2.45, 2.75) is 44.2 Å². The van der Waals surface area contributed by atoms with Crippen molar-refractivity contribution in [3.05, 3.63) is 144 Å². The summed E-state index contributed by atoms with van der Waals surface area (Å²) in [6, 6.07) is 37.1. The van der Waals surface area contributed by atoms with Crippen LogP contribution in [0.1, 0.15) is 48.4 Å². The van der Waals surface area contributed by atoms with Crippen LogP contribution in [-0.4, -0.2) is 125 Å². The summed E-state index contributed by atoms with van der Waals surface area (Å²) in [6.07, 6.45) is 6.99. The number of aromatic nitrogens is 2. The molecule has 4 aromatic carbocycles. The molecule has 2 unspecified atom stereocenters. The third-order valence-corrected chi connectivity index (χ3v) is 9.38. The fraction of sp³-hybridized carbons (Fsp3) is 0.347. The van der Waals surface area contributed by atoms with E-state index in [0.717, 1.165) is 71.6 Å². The Morgan fingerprint density at radius 2 is 1.29 bits per heavy atom. The van der Waals surface area contributed by atoms with E-state index < -0.39 is 11.8 Å². The van der Waals surface area contributed by atoms with Gasteiger partial charge in [-0.15, -0.1) is 0 Å². The number of likely N-dealkylation sites (N-methyl/N-ethyl adjacent to an activating group) is 2. The molecule has 14 heteroatoms. The van der Waals surface area contributed by atoms with Gasteiger partial charge in [0.15, 0.2) is 0 Å². The van der Waals surface area contributed by atoms with Crippen LogP contribution in [0.25, 0.3) is 28.1 Å². The van der Waals surface area contributed by atoms with Crippen LogP contribution in [-0.2, 0) is 16.0 Å². The Bertz CT molecular complexity index is 2070. The number of carbonyl (C=O) groups is 2. The largest absolute Gasteiger partial charge is 0.386 e. The second kappa shape index (κ2) is 27.3. The Kier molecular flexibility index (Phi) is 23.1. The average molecular weight is 873 g/mol. The summed E-state index contributed by atoms with van der Waals surface area (Å²) in [5.41, 5.74) is 8.44. The highest BCUT2D eigenvalue weighted by Crippen LogP contribution is 2.27. The molecule has 5 rings (SSSR count). The minimum absolute atomic E-state index is 0.119. The number of rotatable bonds is 18. The number of benzene rings is 4. The van der Waals surface area contributed by atoms with E-state index >= 15 is 0 Å². The highest BCUT2D eigenvalue weighted by atomic mass is 19.3. The molecule has 2 atom stereocenters. The Labute approximate surface area is 371 Å². The molecule has 0 saturated heterocycles. The zero-order valence-corrected chi connectivity index (χ0v) is 38.0. The van der Waals surface area contributed by atoms with Crippen LogP contribution in [0.15, 0.2) is 127 Å². The van der Waals surface area contributed by atoms with Gasteiger partial charge in [-0.25, -0.2) is 22.5 Å². The van der Waals surface area contributed by atoms with Crippen molar-refractivity contribution in [3.8, 4) is 22.4 Å². The van der Waals surface area contributed by atoms with Crippen molar-refractivity contribution >= 4 is 25.0 Å². The van der Waals surface area contributed by atoms with Crippen LogP contribution in [0.3, 0.4) is 0 Å². The molecule has 0 amide bonds. The molecule has 0 aliphatic carbocycles. The third kappa shape index (κ3) is 19.8. The van der Waals surface area contributed by atoms with Gasteiger partial charge in [-0.05, 0) is 75.7 Å². The van der Waals surface area contributed by atoms with Gasteiger partial charge in [-0.3, -0.25) is 14.8 Å². The van der Waals surface area contributed by atoms with E-state index in [1.165, 1.54) is 17.5 Å². The van der Waals surface area contributed by atoms with E-state index in [-0.39, 0.29) is 25.2 Å². The maximum atomic E-state index is 13.1. The Morgan fingerprint density at radius 3 is 1.73 bits per heavy atom. The van der Waals surface area contributed by atoms with E-state index in [1.54, 1.807) is 19.5 Å². The van der Waals surface area contributed by atoms with Crippen molar-refractivity contribution in [1.82, 2.24) is 35.3 Å². The molecule has 1 aromatic heterocycles. The van der Waals surface area contributed by atoms with Crippen LogP contribution < -0.4 is 10.6 Å². The summed E-state index contributed by atoms with van der Waals surface area (Å²) >= 11 is 0. The lowest BCUT2D eigenvalue weighted by molar-refractivity contribution is -0.111. The number of imidazole rings is 1. The van der Waals surface area contributed by atoms with Gasteiger partial charge in [0.2, 0.25) is 0 Å². The number of nitrogens with zero attached hydrogens (tertiary/aromatic N) is 5. The summed E-state index contributed by atoms with van der Waals surface area (Å²) < 4.78 is 49.6. The number of aliphatic imine (C=N–C) groups is 1. The minimum Gasteiger partial charge on any atom is -0.386 e. The van der Waals surface area contributed by atoms with Crippen LogP contribution in [0.2, 0.25) is 0 Å². The normalized spacial score (nSPS) is 12.7. The Hall–Kier alpha value is -5.80. The number of halogens is 4. The van der Waals surface area contributed by atoms with E-state index in [1.807, 2.05) is 87.6 Å². The molecule has 10 nitrogen and oxygen atoms in total. The topological polar surface area (TPSA) is 109 Å².